The van der Waals surface area contributed by atoms with Crippen LogP contribution in [0.1, 0.15) is 39.0 Å². The van der Waals surface area contributed by atoms with Gasteiger partial charge in [-0.3, -0.25) is 0 Å². The molecule has 17 heavy (non-hydrogen) atoms. The van der Waals surface area contributed by atoms with Crippen molar-refractivity contribution in [3.63, 3.8) is 0 Å². The number of halogens is 1. The van der Waals surface area contributed by atoms with Crippen LogP contribution in [0.4, 0.5) is 10.3 Å². The van der Waals surface area contributed by atoms with E-state index < -0.39 is 5.82 Å². The number of hydrogen-bond donors (Lipinski definition) is 1. The number of nitrogens with zero attached hydrogens (tertiary/aromatic N) is 2. The van der Waals surface area contributed by atoms with Gasteiger partial charge in [0.1, 0.15) is 0 Å². The first-order chi connectivity index (χ1) is 8.24. The molecular formula is C13H20FN3. The van der Waals surface area contributed by atoms with E-state index in [0.29, 0.717) is 5.95 Å². The van der Waals surface area contributed by atoms with Gasteiger partial charge in [0.05, 0.1) is 12.4 Å². The lowest BCUT2D eigenvalue weighted by Gasteiger charge is -2.26. The van der Waals surface area contributed by atoms with Crippen LogP contribution in [0.25, 0.3) is 0 Å². The zero-order valence-corrected chi connectivity index (χ0v) is 10.3. The van der Waals surface area contributed by atoms with E-state index in [9.17, 15) is 4.39 Å². The zero-order chi connectivity index (χ0) is 12.1. The van der Waals surface area contributed by atoms with Crippen molar-refractivity contribution in [1.82, 2.24) is 9.97 Å². The molecule has 1 N–H and O–H groups in total. The normalized spacial score (nSPS) is 24.6. The highest BCUT2D eigenvalue weighted by molar-refractivity contribution is 5.21. The summed E-state index contributed by atoms with van der Waals surface area (Å²) in [5.41, 5.74) is 0. The van der Waals surface area contributed by atoms with Crippen LogP contribution in [0.5, 0.6) is 0 Å². The van der Waals surface area contributed by atoms with Gasteiger partial charge in [0.15, 0.2) is 5.82 Å². The first-order valence-corrected chi connectivity index (χ1v) is 6.45. The summed E-state index contributed by atoms with van der Waals surface area (Å²) >= 11 is 0. The molecule has 0 spiro atoms. The van der Waals surface area contributed by atoms with E-state index in [-0.39, 0.29) is 0 Å². The Kier molecular flexibility index (Phi) is 4.29. The second kappa shape index (κ2) is 5.94. The van der Waals surface area contributed by atoms with Crippen molar-refractivity contribution in [2.75, 3.05) is 11.9 Å². The van der Waals surface area contributed by atoms with Crippen molar-refractivity contribution in [2.24, 2.45) is 11.8 Å². The molecule has 0 saturated heterocycles. The average Bonchev–Trinajstić information content (AvgIpc) is 2.34. The van der Waals surface area contributed by atoms with E-state index in [4.69, 9.17) is 0 Å². The fourth-order valence-corrected chi connectivity index (χ4v) is 2.41. The Morgan fingerprint density at radius 1 is 1.24 bits per heavy atom. The summed E-state index contributed by atoms with van der Waals surface area (Å²) in [4.78, 5) is 7.75. The summed E-state index contributed by atoms with van der Waals surface area (Å²) in [6.07, 6.45) is 8.94. The van der Waals surface area contributed by atoms with Crippen LogP contribution in [0.2, 0.25) is 0 Å². The fourth-order valence-electron chi connectivity index (χ4n) is 2.41. The number of nitrogens with one attached hydrogen (secondary N) is 1. The van der Waals surface area contributed by atoms with Crippen LogP contribution in [0.3, 0.4) is 0 Å². The summed E-state index contributed by atoms with van der Waals surface area (Å²) in [6.45, 7) is 3.21. The Morgan fingerprint density at radius 3 is 2.53 bits per heavy atom. The third-order valence-corrected chi connectivity index (χ3v) is 3.59. The smallest absolute Gasteiger partial charge is 0.222 e. The summed E-state index contributed by atoms with van der Waals surface area (Å²) in [5, 5.41) is 3.14. The van der Waals surface area contributed by atoms with Gasteiger partial charge in [0, 0.05) is 6.54 Å². The minimum atomic E-state index is -0.392. The maximum Gasteiger partial charge on any atom is 0.222 e. The van der Waals surface area contributed by atoms with Gasteiger partial charge in [-0.2, -0.15) is 0 Å². The van der Waals surface area contributed by atoms with E-state index in [1.807, 2.05) is 0 Å². The highest BCUT2D eigenvalue weighted by Crippen LogP contribution is 2.30. The summed E-state index contributed by atoms with van der Waals surface area (Å²) in [6, 6.07) is 0. The molecule has 1 aromatic heterocycles. The summed E-state index contributed by atoms with van der Waals surface area (Å²) in [5.74, 6) is 1.87. The van der Waals surface area contributed by atoms with Crippen LogP contribution in [-0.4, -0.2) is 16.5 Å². The third-order valence-electron chi connectivity index (χ3n) is 3.59. The predicted octanol–water partition coefficient (Wildman–Crippen LogP) is 3.24. The van der Waals surface area contributed by atoms with E-state index in [1.54, 1.807) is 0 Å². The van der Waals surface area contributed by atoms with Crippen molar-refractivity contribution in [3.05, 3.63) is 18.2 Å². The van der Waals surface area contributed by atoms with Gasteiger partial charge in [-0.25, -0.2) is 14.4 Å². The van der Waals surface area contributed by atoms with E-state index in [2.05, 4.69) is 22.2 Å². The van der Waals surface area contributed by atoms with E-state index >= 15 is 0 Å². The molecule has 2 rings (SSSR count). The Hall–Kier alpha value is -1.19. The average molecular weight is 237 g/mol. The lowest BCUT2D eigenvalue weighted by Crippen LogP contribution is -2.16. The predicted molar refractivity (Wildman–Crippen MR) is 66.2 cm³/mol. The molecule has 1 aromatic rings. The monoisotopic (exact) mass is 237 g/mol. The summed E-state index contributed by atoms with van der Waals surface area (Å²) in [7, 11) is 0. The minimum Gasteiger partial charge on any atom is -0.354 e. The van der Waals surface area contributed by atoms with Crippen LogP contribution in [0.15, 0.2) is 12.4 Å². The molecule has 94 valence electrons. The molecular weight excluding hydrogens is 217 g/mol. The minimum absolute atomic E-state index is 0.392. The standard InChI is InChI=1S/C13H20FN3/c1-10-2-4-11(5-3-10)6-7-15-13-16-8-12(14)9-17-13/h8-11H,2-7H2,1H3,(H,15,16,17). The van der Waals surface area contributed by atoms with Crippen LogP contribution >= 0.6 is 0 Å². The zero-order valence-electron chi connectivity index (χ0n) is 10.3. The van der Waals surface area contributed by atoms with Gasteiger partial charge in [-0.1, -0.05) is 32.6 Å². The van der Waals surface area contributed by atoms with Crippen LogP contribution in [0, 0.1) is 17.7 Å². The second-order valence-corrected chi connectivity index (χ2v) is 5.07. The molecule has 1 aliphatic carbocycles. The molecule has 1 heterocycles. The Morgan fingerprint density at radius 2 is 1.88 bits per heavy atom. The van der Waals surface area contributed by atoms with Gasteiger partial charge in [-0.05, 0) is 18.3 Å². The molecule has 0 aromatic carbocycles. The van der Waals surface area contributed by atoms with Gasteiger partial charge >= 0.3 is 0 Å². The van der Waals surface area contributed by atoms with Crippen LogP contribution in [-0.2, 0) is 0 Å². The summed E-state index contributed by atoms with van der Waals surface area (Å²) < 4.78 is 12.6. The molecule has 0 aliphatic heterocycles. The molecule has 1 fully saturated rings. The number of hydrogen-bond acceptors (Lipinski definition) is 3. The lowest BCUT2D eigenvalue weighted by molar-refractivity contribution is 0.282. The Bertz CT molecular complexity index is 331. The van der Waals surface area contributed by atoms with Crippen LogP contribution < -0.4 is 5.32 Å². The SMILES string of the molecule is CC1CCC(CCNc2ncc(F)cn2)CC1. The Labute approximate surface area is 102 Å². The van der Waals surface area contributed by atoms with Crippen molar-refractivity contribution in [1.29, 1.82) is 0 Å². The molecule has 0 unspecified atom stereocenters. The molecule has 0 radical (unpaired) electrons. The number of aromatic nitrogens is 2. The molecule has 0 amide bonds. The molecule has 0 atom stereocenters. The molecule has 0 bridgehead atoms. The van der Waals surface area contributed by atoms with E-state index in [0.717, 1.165) is 24.8 Å². The van der Waals surface area contributed by atoms with Crippen molar-refractivity contribution < 1.29 is 4.39 Å². The van der Waals surface area contributed by atoms with Gasteiger partial charge in [0.2, 0.25) is 5.95 Å². The number of rotatable bonds is 4. The third kappa shape index (κ3) is 3.95. The first-order valence-electron chi connectivity index (χ1n) is 6.45. The lowest BCUT2D eigenvalue weighted by atomic mass is 9.81. The Balaban J connectivity index is 1.67. The van der Waals surface area contributed by atoms with E-state index in [1.165, 1.54) is 38.1 Å². The second-order valence-electron chi connectivity index (χ2n) is 5.07. The van der Waals surface area contributed by atoms with Crippen molar-refractivity contribution >= 4 is 5.95 Å². The maximum absolute atomic E-state index is 12.6. The fraction of sp³-hybridized carbons (Fsp3) is 0.692. The van der Waals surface area contributed by atoms with Gasteiger partial charge in [-0.15, -0.1) is 0 Å². The number of anilines is 1. The van der Waals surface area contributed by atoms with Gasteiger partial charge in [0.25, 0.3) is 0 Å². The quantitative estimate of drug-likeness (QED) is 0.873. The highest BCUT2D eigenvalue weighted by atomic mass is 19.1. The first kappa shape index (κ1) is 12.3. The highest BCUT2D eigenvalue weighted by Gasteiger charge is 2.17. The van der Waals surface area contributed by atoms with Gasteiger partial charge < -0.3 is 5.32 Å². The van der Waals surface area contributed by atoms with Crippen molar-refractivity contribution in [2.45, 2.75) is 39.0 Å². The van der Waals surface area contributed by atoms with Crippen molar-refractivity contribution in [3.8, 4) is 0 Å². The molecule has 3 nitrogen and oxygen atoms in total. The topological polar surface area (TPSA) is 37.8 Å². The largest absolute Gasteiger partial charge is 0.354 e. The molecule has 1 aliphatic rings. The molecule has 1 saturated carbocycles. The maximum atomic E-state index is 12.6. The molecule has 4 heteroatoms.